The van der Waals surface area contributed by atoms with Crippen molar-refractivity contribution in [1.29, 1.82) is 0 Å². The molecular formula is C17H17N3S. The molecule has 2 aromatic heterocycles. The van der Waals surface area contributed by atoms with Crippen molar-refractivity contribution < 1.29 is 0 Å². The summed E-state index contributed by atoms with van der Waals surface area (Å²) in [5.74, 6) is 0. The van der Waals surface area contributed by atoms with E-state index in [-0.39, 0.29) is 0 Å². The van der Waals surface area contributed by atoms with Gasteiger partial charge < -0.3 is 5.73 Å². The molecule has 3 aromatic rings. The smallest absolute Gasteiger partial charge is 0.107 e. The van der Waals surface area contributed by atoms with E-state index in [0.29, 0.717) is 6.54 Å². The Morgan fingerprint density at radius 2 is 1.90 bits per heavy atom. The predicted octanol–water partition coefficient (Wildman–Crippen LogP) is 3.56. The molecule has 0 aliphatic heterocycles. The molecule has 0 spiro atoms. The molecule has 2 N–H and O–H groups in total. The lowest BCUT2D eigenvalue weighted by atomic mass is 10.1. The summed E-state index contributed by atoms with van der Waals surface area (Å²) in [4.78, 5) is 10.3. The monoisotopic (exact) mass is 295 g/mol. The highest BCUT2D eigenvalue weighted by Crippen LogP contribution is 2.30. The predicted molar refractivity (Wildman–Crippen MR) is 87.2 cm³/mol. The highest BCUT2D eigenvalue weighted by Gasteiger charge is 2.13. The Balaban J connectivity index is 1.99. The number of rotatable bonds is 4. The third-order valence-corrected chi connectivity index (χ3v) is 4.39. The van der Waals surface area contributed by atoms with Crippen molar-refractivity contribution in [2.75, 3.05) is 0 Å². The van der Waals surface area contributed by atoms with Crippen LogP contribution in [-0.4, -0.2) is 9.97 Å². The summed E-state index contributed by atoms with van der Waals surface area (Å²) < 4.78 is 0. The highest BCUT2D eigenvalue weighted by molar-refractivity contribution is 7.12. The van der Waals surface area contributed by atoms with E-state index in [1.807, 2.05) is 24.4 Å². The number of hydrogen-bond acceptors (Lipinski definition) is 4. The number of thiazole rings is 1. The minimum Gasteiger partial charge on any atom is -0.325 e. The van der Waals surface area contributed by atoms with Crippen molar-refractivity contribution >= 4 is 11.3 Å². The molecule has 0 bridgehead atoms. The molecule has 0 aliphatic rings. The van der Waals surface area contributed by atoms with Gasteiger partial charge in [0.25, 0.3) is 0 Å². The molecule has 0 fully saturated rings. The molecule has 21 heavy (non-hydrogen) atoms. The first-order valence-corrected chi connectivity index (χ1v) is 7.73. The van der Waals surface area contributed by atoms with Crippen molar-refractivity contribution in [1.82, 2.24) is 9.97 Å². The minimum atomic E-state index is 0.478. The lowest BCUT2D eigenvalue weighted by Gasteiger charge is -2.03. The fourth-order valence-electron chi connectivity index (χ4n) is 2.21. The van der Waals surface area contributed by atoms with Gasteiger partial charge in [-0.05, 0) is 19.1 Å². The maximum atomic E-state index is 5.76. The Labute approximate surface area is 128 Å². The van der Waals surface area contributed by atoms with Crippen LogP contribution in [0.2, 0.25) is 0 Å². The maximum absolute atomic E-state index is 5.76. The topological polar surface area (TPSA) is 51.8 Å². The van der Waals surface area contributed by atoms with E-state index in [4.69, 9.17) is 10.7 Å². The molecule has 0 amide bonds. The van der Waals surface area contributed by atoms with Crippen molar-refractivity contribution in [3.63, 3.8) is 0 Å². The second-order valence-electron chi connectivity index (χ2n) is 4.95. The van der Waals surface area contributed by atoms with Crippen LogP contribution in [0.3, 0.4) is 0 Å². The van der Waals surface area contributed by atoms with E-state index in [2.05, 4.69) is 36.2 Å². The van der Waals surface area contributed by atoms with Gasteiger partial charge in [-0.15, -0.1) is 11.3 Å². The molecule has 4 heteroatoms. The van der Waals surface area contributed by atoms with Crippen LogP contribution in [-0.2, 0) is 13.0 Å². The number of nitrogens with two attached hydrogens (primary N) is 1. The first-order chi connectivity index (χ1) is 10.3. The Bertz CT molecular complexity index is 718. The largest absolute Gasteiger partial charge is 0.325 e. The van der Waals surface area contributed by atoms with Gasteiger partial charge in [0.05, 0.1) is 5.69 Å². The first-order valence-electron chi connectivity index (χ1n) is 6.92. The van der Waals surface area contributed by atoms with Crippen LogP contribution in [0.1, 0.15) is 21.1 Å². The molecule has 0 saturated heterocycles. The van der Waals surface area contributed by atoms with E-state index in [1.54, 1.807) is 11.3 Å². The Hall–Kier alpha value is -2.04. The van der Waals surface area contributed by atoms with E-state index >= 15 is 0 Å². The number of benzene rings is 1. The zero-order chi connectivity index (χ0) is 14.7. The normalized spacial score (nSPS) is 10.8. The van der Waals surface area contributed by atoms with E-state index in [9.17, 15) is 0 Å². The van der Waals surface area contributed by atoms with Gasteiger partial charge in [-0.1, -0.05) is 35.9 Å². The molecule has 2 heterocycles. The van der Waals surface area contributed by atoms with Gasteiger partial charge in [0.15, 0.2) is 0 Å². The number of nitrogens with zero attached hydrogens (tertiary/aromatic N) is 2. The van der Waals surface area contributed by atoms with E-state index in [0.717, 1.165) is 28.4 Å². The van der Waals surface area contributed by atoms with Gasteiger partial charge in [-0.25, -0.2) is 4.98 Å². The number of aromatic nitrogens is 2. The summed E-state index contributed by atoms with van der Waals surface area (Å²) in [6, 6.07) is 14.4. The Morgan fingerprint density at radius 3 is 2.57 bits per heavy atom. The fraction of sp³-hybridized carbons (Fsp3) is 0.176. The van der Waals surface area contributed by atoms with Crippen molar-refractivity contribution in [3.8, 4) is 11.3 Å². The lowest BCUT2D eigenvalue weighted by Crippen LogP contribution is -1.94. The average Bonchev–Trinajstić information content (AvgIpc) is 2.92. The van der Waals surface area contributed by atoms with Gasteiger partial charge in [0.1, 0.15) is 5.01 Å². The molecular weight excluding hydrogens is 278 g/mol. The van der Waals surface area contributed by atoms with Crippen LogP contribution in [0.4, 0.5) is 0 Å². The molecule has 1 aromatic carbocycles. The van der Waals surface area contributed by atoms with Crippen LogP contribution in [0.5, 0.6) is 0 Å². The molecule has 0 saturated carbocycles. The molecule has 3 nitrogen and oxygen atoms in total. The van der Waals surface area contributed by atoms with Crippen LogP contribution < -0.4 is 5.73 Å². The van der Waals surface area contributed by atoms with Gasteiger partial charge in [0.2, 0.25) is 0 Å². The van der Waals surface area contributed by atoms with Gasteiger partial charge in [0, 0.05) is 35.3 Å². The highest BCUT2D eigenvalue weighted by atomic mass is 32.1. The maximum Gasteiger partial charge on any atom is 0.107 e. The van der Waals surface area contributed by atoms with Crippen molar-refractivity contribution in [3.05, 3.63) is 69.8 Å². The zero-order valence-corrected chi connectivity index (χ0v) is 12.7. The summed E-state index contributed by atoms with van der Waals surface area (Å²) in [7, 11) is 0. The SMILES string of the molecule is Cc1ccc(-c2nc(CN)sc2Cc2ccccn2)cc1. The van der Waals surface area contributed by atoms with Crippen LogP contribution in [0, 0.1) is 6.92 Å². The van der Waals surface area contributed by atoms with Crippen LogP contribution in [0.25, 0.3) is 11.3 Å². The van der Waals surface area contributed by atoms with E-state index in [1.165, 1.54) is 10.4 Å². The summed E-state index contributed by atoms with van der Waals surface area (Å²) in [6.45, 7) is 2.57. The van der Waals surface area contributed by atoms with E-state index < -0.39 is 0 Å². The fourth-order valence-corrected chi connectivity index (χ4v) is 3.20. The first kappa shape index (κ1) is 13.9. The van der Waals surface area contributed by atoms with Crippen molar-refractivity contribution in [2.45, 2.75) is 19.9 Å². The third kappa shape index (κ3) is 3.17. The summed E-state index contributed by atoms with van der Waals surface area (Å²) in [5, 5.41) is 0.969. The second kappa shape index (κ2) is 6.16. The third-order valence-electron chi connectivity index (χ3n) is 3.31. The summed E-state index contributed by atoms with van der Waals surface area (Å²) in [5.41, 5.74) is 10.2. The average molecular weight is 295 g/mol. The Kier molecular flexibility index (Phi) is 4.08. The number of hydrogen-bond donors (Lipinski definition) is 1. The Morgan fingerprint density at radius 1 is 1.10 bits per heavy atom. The van der Waals surface area contributed by atoms with Gasteiger partial charge >= 0.3 is 0 Å². The molecule has 0 radical (unpaired) electrons. The zero-order valence-electron chi connectivity index (χ0n) is 11.9. The summed E-state index contributed by atoms with van der Waals surface area (Å²) in [6.07, 6.45) is 2.62. The van der Waals surface area contributed by atoms with Gasteiger partial charge in [-0.2, -0.15) is 0 Å². The number of aryl methyl sites for hydroxylation is 1. The molecule has 106 valence electrons. The quantitative estimate of drug-likeness (QED) is 0.800. The lowest BCUT2D eigenvalue weighted by molar-refractivity contribution is 1.04. The number of pyridine rings is 1. The van der Waals surface area contributed by atoms with Crippen molar-refractivity contribution in [2.24, 2.45) is 5.73 Å². The molecule has 0 aliphatic carbocycles. The second-order valence-corrected chi connectivity index (χ2v) is 6.12. The standard InChI is InChI=1S/C17H17N3S/c1-12-5-7-13(8-6-12)17-15(21-16(11-18)20-17)10-14-4-2-3-9-19-14/h2-9H,10-11,18H2,1H3. The van der Waals surface area contributed by atoms with Gasteiger partial charge in [-0.3, -0.25) is 4.98 Å². The molecule has 0 atom stereocenters. The summed E-state index contributed by atoms with van der Waals surface area (Å²) >= 11 is 1.68. The molecule has 0 unspecified atom stereocenters. The minimum absolute atomic E-state index is 0.478. The molecule has 3 rings (SSSR count). The van der Waals surface area contributed by atoms with Crippen LogP contribution >= 0.6 is 11.3 Å². The van der Waals surface area contributed by atoms with Crippen LogP contribution in [0.15, 0.2) is 48.7 Å².